The van der Waals surface area contributed by atoms with Crippen LogP contribution >= 0.6 is 11.8 Å². The van der Waals surface area contributed by atoms with Crippen LogP contribution in [0.5, 0.6) is 0 Å². The molecular formula is C23H29N3O4S2. The molecule has 0 saturated heterocycles. The van der Waals surface area contributed by atoms with E-state index < -0.39 is 10.0 Å². The third-order valence-electron chi connectivity index (χ3n) is 5.49. The van der Waals surface area contributed by atoms with Crippen molar-refractivity contribution in [3.63, 3.8) is 0 Å². The van der Waals surface area contributed by atoms with E-state index in [9.17, 15) is 18.0 Å². The van der Waals surface area contributed by atoms with Gasteiger partial charge in [0.1, 0.15) is 6.54 Å². The molecule has 2 aromatic rings. The fraction of sp³-hybridized carbons (Fsp3) is 0.391. The Labute approximate surface area is 194 Å². The van der Waals surface area contributed by atoms with Crippen LogP contribution in [0, 0.1) is 0 Å². The van der Waals surface area contributed by atoms with Crippen LogP contribution < -0.4 is 10.2 Å². The first-order valence-corrected chi connectivity index (χ1v) is 13.1. The minimum atomic E-state index is -3.67. The van der Waals surface area contributed by atoms with Crippen molar-refractivity contribution in [2.45, 2.75) is 36.5 Å². The summed E-state index contributed by atoms with van der Waals surface area (Å²) in [6.07, 6.45) is 0. The Bertz CT molecular complexity index is 1070. The summed E-state index contributed by atoms with van der Waals surface area (Å²) < 4.78 is 27.2. The van der Waals surface area contributed by atoms with Crippen LogP contribution in [0.3, 0.4) is 0 Å². The number of benzene rings is 2. The summed E-state index contributed by atoms with van der Waals surface area (Å²) in [5.74, 6) is -0.156. The van der Waals surface area contributed by atoms with E-state index in [1.54, 1.807) is 26.0 Å². The van der Waals surface area contributed by atoms with Gasteiger partial charge in [-0.15, -0.1) is 11.8 Å². The van der Waals surface area contributed by atoms with Gasteiger partial charge < -0.3 is 10.2 Å². The lowest BCUT2D eigenvalue weighted by Crippen LogP contribution is -2.44. The summed E-state index contributed by atoms with van der Waals surface area (Å²) in [7, 11) is -3.67. The number of carbonyl (C=O) groups is 2. The van der Waals surface area contributed by atoms with Crippen molar-refractivity contribution >= 4 is 39.3 Å². The molecule has 172 valence electrons. The summed E-state index contributed by atoms with van der Waals surface area (Å²) in [6, 6.07) is 14.7. The summed E-state index contributed by atoms with van der Waals surface area (Å²) >= 11 is 1.35. The molecule has 2 aromatic carbocycles. The van der Waals surface area contributed by atoms with Crippen LogP contribution in [0.15, 0.2) is 58.3 Å². The lowest BCUT2D eigenvalue weighted by Gasteiger charge is -2.29. The zero-order valence-corrected chi connectivity index (χ0v) is 20.2. The molecule has 1 heterocycles. The number of nitrogens with zero attached hydrogens (tertiary/aromatic N) is 2. The number of hydrogen-bond donors (Lipinski definition) is 1. The van der Waals surface area contributed by atoms with Gasteiger partial charge in [-0.3, -0.25) is 9.59 Å². The second-order valence-corrected chi connectivity index (χ2v) is 10.6. The lowest BCUT2D eigenvalue weighted by atomic mass is 10.0. The maximum absolute atomic E-state index is 12.9. The number of nitrogens with one attached hydrogen (secondary N) is 1. The van der Waals surface area contributed by atoms with E-state index in [1.165, 1.54) is 27.0 Å². The smallest absolute Gasteiger partial charge is 0.243 e. The standard InChI is InChI=1S/C23H29N3O4S2/c1-4-25(5-2)32(29,30)19-11-12-21-20(13-19)26(23(28)16-31-21)15-22(27)24-14-17(3)18-9-7-6-8-10-18/h6-13,17H,4-5,14-16H2,1-3H3,(H,24,27)/t17-/m1/s1. The highest BCUT2D eigenvalue weighted by molar-refractivity contribution is 8.00. The monoisotopic (exact) mass is 475 g/mol. The van der Waals surface area contributed by atoms with Crippen LogP contribution in [-0.2, 0) is 19.6 Å². The maximum atomic E-state index is 12.9. The highest BCUT2D eigenvalue weighted by atomic mass is 32.2. The Morgan fingerprint density at radius 1 is 1.16 bits per heavy atom. The SMILES string of the molecule is CCN(CC)S(=O)(=O)c1ccc2c(c1)N(CC(=O)NC[C@@H](C)c1ccccc1)C(=O)CS2. The first kappa shape index (κ1) is 24.3. The zero-order chi connectivity index (χ0) is 23.3. The minimum Gasteiger partial charge on any atom is -0.354 e. The van der Waals surface area contributed by atoms with Gasteiger partial charge in [-0.25, -0.2) is 8.42 Å². The summed E-state index contributed by atoms with van der Waals surface area (Å²) in [5.41, 5.74) is 1.58. The maximum Gasteiger partial charge on any atom is 0.243 e. The molecule has 32 heavy (non-hydrogen) atoms. The predicted octanol–water partition coefficient (Wildman–Crippen LogP) is 3.08. The normalized spacial score (nSPS) is 14.9. The van der Waals surface area contributed by atoms with Crippen LogP contribution in [0.2, 0.25) is 0 Å². The molecule has 7 nitrogen and oxygen atoms in total. The summed E-state index contributed by atoms with van der Waals surface area (Å²) in [5, 5.41) is 2.89. The third-order valence-corrected chi connectivity index (χ3v) is 8.59. The van der Waals surface area contributed by atoms with Crippen LogP contribution in [-0.4, -0.2) is 56.5 Å². The Kier molecular flexibility index (Phi) is 7.97. The van der Waals surface area contributed by atoms with Crippen molar-refractivity contribution in [2.24, 2.45) is 0 Å². The van der Waals surface area contributed by atoms with Gasteiger partial charge in [0.05, 0.1) is 16.3 Å². The minimum absolute atomic E-state index is 0.123. The van der Waals surface area contributed by atoms with Crippen LogP contribution in [0.25, 0.3) is 0 Å². The van der Waals surface area contributed by atoms with Crippen LogP contribution in [0.1, 0.15) is 32.3 Å². The molecule has 2 amide bonds. The molecule has 0 unspecified atom stereocenters. The van der Waals surface area contributed by atoms with Gasteiger partial charge in [-0.05, 0) is 29.7 Å². The van der Waals surface area contributed by atoms with Crippen molar-refractivity contribution in [2.75, 3.05) is 36.8 Å². The molecule has 1 aliphatic rings. The predicted molar refractivity (Wildman–Crippen MR) is 127 cm³/mol. The lowest BCUT2D eigenvalue weighted by molar-refractivity contribution is -0.123. The Balaban J connectivity index is 1.77. The second-order valence-electron chi connectivity index (χ2n) is 7.60. The molecule has 0 fully saturated rings. The molecule has 1 aliphatic heterocycles. The van der Waals surface area contributed by atoms with Crippen molar-refractivity contribution in [3.8, 4) is 0 Å². The number of rotatable bonds is 9. The van der Waals surface area contributed by atoms with E-state index in [0.717, 1.165) is 10.5 Å². The quantitative estimate of drug-likeness (QED) is 0.602. The van der Waals surface area contributed by atoms with Crippen molar-refractivity contribution in [1.82, 2.24) is 9.62 Å². The van der Waals surface area contributed by atoms with Crippen molar-refractivity contribution < 1.29 is 18.0 Å². The summed E-state index contributed by atoms with van der Waals surface area (Å²) in [6.45, 7) is 6.60. The van der Waals surface area contributed by atoms with E-state index in [1.807, 2.05) is 37.3 Å². The molecule has 1 atom stereocenters. The Morgan fingerprint density at radius 3 is 2.50 bits per heavy atom. The van der Waals surface area contributed by atoms with Gasteiger partial charge in [0.25, 0.3) is 0 Å². The highest BCUT2D eigenvalue weighted by Gasteiger charge is 2.30. The molecule has 0 aromatic heterocycles. The topological polar surface area (TPSA) is 86.8 Å². The van der Waals surface area contributed by atoms with E-state index in [4.69, 9.17) is 0 Å². The van der Waals surface area contributed by atoms with Gasteiger partial charge in [0, 0.05) is 24.5 Å². The molecule has 0 radical (unpaired) electrons. The largest absolute Gasteiger partial charge is 0.354 e. The van der Waals surface area contributed by atoms with E-state index in [-0.39, 0.29) is 34.9 Å². The van der Waals surface area contributed by atoms with Gasteiger partial charge in [0.2, 0.25) is 21.8 Å². The van der Waals surface area contributed by atoms with Gasteiger partial charge >= 0.3 is 0 Å². The van der Waals surface area contributed by atoms with E-state index in [0.29, 0.717) is 25.3 Å². The van der Waals surface area contributed by atoms with Gasteiger partial charge in [-0.2, -0.15) is 4.31 Å². The fourth-order valence-electron chi connectivity index (χ4n) is 3.59. The van der Waals surface area contributed by atoms with E-state index in [2.05, 4.69) is 5.32 Å². The zero-order valence-electron chi connectivity index (χ0n) is 18.6. The molecule has 0 bridgehead atoms. The molecule has 1 N–H and O–H groups in total. The molecule has 0 spiro atoms. The molecule has 3 rings (SSSR count). The van der Waals surface area contributed by atoms with Gasteiger partial charge in [-0.1, -0.05) is 51.1 Å². The number of anilines is 1. The molecule has 0 aliphatic carbocycles. The Hall–Kier alpha value is -2.36. The van der Waals surface area contributed by atoms with Crippen molar-refractivity contribution in [1.29, 1.82) is 0 Å². The van der Waals surface area contributed by atoms with Crippen molar-refractivity contribution in [3.05, 3.63) is 54.1 Å². The third kappa shape index (κ3) is 5.33. The number of amides is 2. The number of fused-ring (bicyclic) bond motifs is 1. The molecular weight excluding hydrogens is 446 g/mol. The number of hydrogen-bond acceptors (Lipinski definition) is 5. The number of sulfonamides is 1. The van der Waals surface area contributed by atoms with Crippen LogP contribution in [0.4, 0.5) is 5.69 Å². The first-order valence-electron chi connectivity index (χ1n) is 10.7. The fourth-order valence-corrected chi connectivity index (χ4v) is 5.99. The molecule has 0 saturated carbocycles. The number of carbonyl (C=O) groups excluding carboxylic acids is 2. The first-order chi connectivity index (χ1) is 15.3. The number of thioether (sulfide) groups is 1. The van der Waals surface area contributed by atoms with E-state index >= 15 is 0 Å². The summed E-state index contributed by atoms with van der Waals surface area (Å²) in [4.78, 5) is 27.6. The molecule has 9 heteroatoms. The average Bonchev–Trinajstić information content (AvgIpc) is 2.80. The second kappa shape index (κ2) is 10.5. The average molecular weight is 476 g/mol. The highest BCUT2D eigenvalue weighted by Crippen LogP contribution is 2.37. The Morgan fingerprint density at radius 2 is 1.84 bits per heavy atom. The van der Waals surface area contributed by atoms with Gasteiger partial charge in [0.15, 0.2) is 0 Å².